The third kappa shape index (κ3) is 11.7. The van der Waals surface area contributed by atoms with Crippen molar-refractivity contribution in [1.82, 2.24) is 5.32 Å². The molecule has 0 bridgehead atoms. The van der Waals surface area contributed by atoms with Crippen molar-refractivity contribution < 1.29 is 9.84 Å². The van der Waals surface area contributed by atoms with Crippen LogP contribution in [0.15, 0.2) is 11.6 Å². The summed E-state index contributed by atoms with van der Waals surface area (Å²) in [6.45, 7) is 8.78. The molecular weight excluding hydrogens is 202 g/mol. The number of allylic oxidation sites excluding steroid dienone is 2. The van der Waals surface area contributed by atoms with Crippen molar-refractivity contribution in [3.8, 4) is 0 Å². The predicted molar refractivity (Wildman–Crippen MR) is 68.7 cm³/mol. The van der Waals surface area contributed by atoms with Gasteiger partial charge in [-0.15, -0.1) is 0 Å². The van der Waals surface area contributed by atoms with Gasteiger partial charge in [0.15, 0.2) is 0 Å². The summed E-state index contributed by atoms with van der Waals surface area (Å²) in [5.41, 5.74) is 1.39. The molecule has 3 nitrogen and oxygen atoms in total. The SMILES string of the molecule is CC(C)=CCCC(C)NCCCOCCO. The Kier molecular flexibility index (Phi) is 10.9. The van der Waals surface area contributed by atoms with Gasteiger partial charge in [-0.2, -0.15) is 0 Å². The Morgan fingerprint density at radius 3 is 2.75 bits per heavy atom. The van der Waals surface area contributed by atoms with Crippen LogP contribution in [0, 0.1) is 0 Å². The number of hydrogen-bond acceptors (Lipinski definition) is 3. The first-order chi connectivity index (χ1) is 7.66. The topological polar surface area (TPSA) is 41.5 Å². The van der Waals surface area contributed by atoms with Crippen LogP contribution >= 0.6 is 0 Å². The van der Waals surface area contributed by atoms with Crippen LogP contribution in [0.2, 0.25) is 0 Å². The molecule has 0 rings (SSSR count). The summed E-state index contributed by atoms with van der Waals surface area (Å²) in [5, 5.41) is 12.0. The number of ether oxygens (including phenoxy) is 1. The Morgan fingerprint density at radius 1 is 1.38 bits per heavy atom. The van der Waals surface area contributed by atoms with E-state index < -0.39 is 0 Å². The molecule has 0 fully saturated rings. The van der Waals surface area contributed by atoms with E-state index in [-0.39, 0.29) is 6.61 Å². The molecule has 0 saturated carbocycles. The molecule has 0 spiro atoms. The van der Waals surface area contributed by atoms with Crippen LogP contribution in [0.4, 0.5) is 0 Å². The molecule has 1 unspecified atom stereocenters. The van der Waals surface area contributed by atoms with Crippen molar-refractivity contribution in [2.75, 3.05) is 26.4 Å². The first-order valence-corrected chi connectivity index (χ1v) is 6.22. The van der Waals surface area contributed by atoms with Gasteiger partial charge in [0.1, 0.15) is 0 Å². The molecule has 2 N–H and O–H groups in total. The molecule has 3 heteroatoms. The summed E-state index contributed by atoms with van der Waals surface area (Å²) in [6.07, 6.45) is 5.62. The van der Waals surface area contributed by atoms with Crippen LogP contribution in [-0.2, 0) is 4.74 Å². The molecule has 0 aromatic carbocycles. The molecule has 0 aromatic rings. The molecule has 0 amide bonds. The van der Waals surface area contributed by atoms with E-state index in [1.807, 2.05) is 0 Å². The number of hydrogen-bond donors (Lipinski definition) is 2. The Hall–Kier alpha value is -0.380. The van der Waals surface area contributed by atoms with Gasteiger partial charge < -0.3 is 15.2 Å². The molecule has 1 atom stereocenters. The first kappa shape index (κ1) is 15.6. The van der Waals surface area contributed by atoms with Crippen molar-refractivity contribution >= 4 is 0 Å². The summed E-state index contributed by atoms with van der Waals surface area (Å²) in [4.78, 5) is 0. The largest absolute Gasteiger partial charge is 0.394 e. The second kappa shape index (κ2) is 11.1. The van der Waals surface area contributed by atoms with E-state index >= 15 is 0 Å². The average Bonchev–Trinajstić information content (AvgIpc) is 2.22. The zero-order chi connectivity index (χ0) is 12.2. The van der Waals surface area contributed by atoms with Crippen LogP contribution in [-0.4, -0.2) is 37.5 Å². The van der Waals surface area contributed by atoms with Crippen molar-refractivity contribution in [2.45, 2.75) is 46.1 Å². The second-order valence-electron chi connectivity index (χ2n) is 4.40. The molecule has 0 aliphatic heterocycles. The summed E-state index contributed by atoms with van der Waals surface area (Å²) >= 11 is 0. The fourth-order valence-corrected chi connectivity index (χ4v) is 1.41. The maximum absolute atomic E-state index is 8.51. The van der Waals surface area contributed by atoms with Crippen molar-refractivity contribution in [3.63, 3.8) is 0 Å². The van der Waals surface area contributed by atoms with Gasteiger partial charge in [0.05, 0.1) is 13.2 Å². The molecule has 0 heterocycles. The Morgan fingerprint density at radius 2 is 2.12 bits per heavy atom. The minimum absolute atomic E-state index is 0.118. The van der Waals surface area contributed by atoms with E-state index in [1.165, 1.54) is 12.0 Å². The van der Waals surface area contributed by atoms with Crippen molar-refractivity contribution in [2.24, 2.45) is 0 Å². The summed E-state index contributed by atoms with van der Waals surface area (Å²) in [5.74, 6) is 0. The lowest BCUT2D eigenvalue weighted by Crippen LogP contribution is -2.27. The van der Waals surface area contributed by atoms with E-state index in [1.54, 1.807) is 0 Å². The third-order valence-electron chi connectivity index (χ3n) is 2.35. The van der Waals surface area contributed by atoms with E-state index in [2.05, 4.69) is 32.2 Å². The normalized spacial score (nSPS) is 12.5. The van der Waals surface area contributed by atoms with Crippen molar-refractivity contribution in [1.29, 1.82) is 0 Å². The highest BCUT2D eigenvalue weighted by Crippen LogP contribution is 2.01. The zero-order valence-electron chi connectivity index (χ0n) is 11.0. The highest BCUT2D eigenvalue weighted by Gasteiger charge is 1.98. The van der Waals surface area contributed by atoms with E-state index in [0.29, 0.717) is 12.6 Å². The molecule has 96 valence electrons. The van der Waals surface area contributed by atoms with Gasteiger partial charge in [-0.25, -0.2) is 0 Å². The van der Waals surface area contributed by atoms with Crippen LogP contribution in [0.1, 0.15) is 40.0 Å². The molecule has 0 aliphatic rings. The van der Waals surface area contributed by atoms with E-state index in [4.69, 9.17) is 9.84 Å². The fraction of sp³-hybridized carbons (Fsp3) is 0.846. The van der Waals surface area contributed by atoms with Crippen LogP contribution in [0.25, 0.3) is 0 Å². The molecule has 0 aromatic heterocycles. The Balaban J connectivity index is 3.23. The van der Waals surface area contributed by atoms with E-state index in [9.17, 15) is 0 Å². The second-order valence-corrected chi connectivity index (χ2v) is 4.40. The van der Waals surface area contributed by atoms with Crippen molar-refractivity contribution in [3.05, 3.63) is 11.6 Å². The minimum atomic E-state index is 0.118. The fourth-order valence-electron chi connectivity index (χ4n) is 1.41. The summed E-state index contributed by atoms with van der Waals surface area (Å²) < 4.78 is 5.18. The van der Waals surface area contributed by atoms with Gasteiger partial charge in [-0.05, 0) is 46.6 Å². The highest BCUT2D eigenvalue weighted by molar-refractivity contribution is 4.93. The molecule has 0 saturated heterocycles. The van der Waals surface area contributed by atoms with Crippen LogP contribution < -0.4 is 5.32 Å². The van der Waals surface area contributed by atoms with E-state index in [0.717, 1.165) is 26.0 Å². The lowest BCUT2D eigenvalue weighted by molar-refractivity contribution is 0.0904. The van der Waals surface area contributed by atoms with Gasteiger partial charge in [0.25, 0.3) is 0 Å². The van der Waals surface area contributed by atoms with Crippen LogP contribution in [0.5, 0.6) is 0 Å². The average molecular weight is 229 g/mol. The summed E-state index contributed by atoms with van der Waals surface area (Å²) in [7, 11) is 0. The lowest BCUT2D eigenvalue weighted by Gasteiger charge is -2.12. The van der Waals surface area contributed by atoms with Gasteiger partial charge >= 0.3 is 0 Å². The monoisotopic (exact) mass is 229 g/mol. The number of nitrogens with one attached hydrogen (secondary N) is 1. The maximum Gasteiger partial charge on any atom is 0.0697 e. The Bertz CT molecular complexity index is 177. The number of aliphatic hydroxyl groups is 1. The number of aliphatic hydroxyl groups excluding tert-OH is 1. The third-order valence-corrected chi connectivity index (χ3v) is 2.35. The number of rotatable bonds is 10. The smallest absolute Gasteiger partial charge is 0.0697 e. The first-order valence-electron chi connectivity index (χ1n) is 6.22. The van der Waals surface area contributed by atoms with Crippen LogP contribution in [0.3, 0.4) is 0 Å². The Labute approximate surface area is 99.9 Å². The minimum Gasteiger partial charge on any atom is -0.394 e. The molecule has 16 heavy (non-hydrogen) atoms. The lowest BCUT2D eigenvalue weighted by atomic mass is 10.1. The standard InChI is InChI=1S/C13H27NO2/c1-12(2)6-4-7-13(3)14-8-5-10-16-11-9-15/h6,13-15H,4-5,7-11H2,1-3H3. The van der Waals surface area contributed by atoms with Gasteiger partial charge in [-0.3, -0.25) is 0 Å². The molecular formula is C13H27NO2. The quantitative estimate of drug-likeness (QED) is 0.445. The predicted octanol–water partition coefficient (Wildman–Crippen LogP) is 2.11. The van der Waals surface area contributed by atoms with Gasteiger partial charge in [0.2, 0.25) is 0 Å². The molecule has 0 radical (unpaired) electrons. The van der Waals surface area contributed by atoms with Gasteiger partial charge in [0, 0.05) is 12.6 Å². The highest BCUT2D eigenvalue weighted by atomic mass is 16.5. The zero-order valence-corrected chi connectivity index (χ0v) is 11.0. The molecule has 0 aliphatic carbocycles. The van der Waals surface area contributed by atoms with Gasteiger partial charge in [-0.1, -0.05) is 11.6 Å². The summed E-state index contributed by atoms with van der Waals surface area (Å²) in [6, 6.07) is 0.563. The maximum atomic E-state index is 8.51.